The first-order valence-corrected chi connectivity index (χ1v) is 8.92. The van der Waals surface area contributed by atoms with Gasteiger partial charge in [-0.05, 0) is 30.5 Å². The SMILES string of the molecule is CCc1cccc(NC(=O)CCCn2cnc3c2c(=O)n(C)c(=O)n3C)c1. The maximum atomic E-state index is 12.4. The fraction of sp³-hybridized carbons (Fsp3) is 0.368. The van der Waals surface area contributed by atoms with Crippen LogP contribution in [0.1, 0.15) is 25.3 Å². The first kappa shape index (κ1) is 18.6. The number of carbonyl (C=O) groups is 1. The summed E-state index contributed by atoms with van der Waals surface area (Å²) in [6, 6.07) is 7.77. The number of amides is 1. The maximum absolute atomic E-state index is 12.4. The summed E-state index contributed by atoms with van der Waals surface area (Å²) in [5, 5.41) is 2.90. The van der Waals surface area contributed by atoms with Crippen molar-refractivity contribution in [3.05, 3.63) is 57.0 Å². The van der Waals surface area contributed by atoms with E-state index >= 15 is 0 Å². The van der Waals surface area contributed by atoms with Crippen LogP contribution in [-0.4, -0.2) is 24.6 Å². The second-order valence-corrected chi connectivity index (χ2v) is 6.52. The van der Waals surface area contributed by atoms with E-state index in [1.165, 1.54) is 23.5 Å². The Morgan fingerprint density at radius 2 is 1.96 bits per heavy atom. The minimum Gasteiger partial charge on any atom is -0.326 e. The number of rotatable bonds is 6. The number of anilines is 1. The number of nitrogens with zero attached hydrogens (tertiary/aromatic N) is 4. The minimum atomic E-state index is -0.411. The van der Waals surface area contributed by atoms with Crippen molar-refractivity contribution in [1.29, 1.82) is 0 Å². The molecule has 1 N–H and O–H groups in total. The van der Waals surface area contributed by atoms with Gasteiger partial charge in [0.15, 0.2) is 11.2 Å². The summed E-state index contributed by atoms with van der Waals surface area (Å²) in [6.07, 6.45) is 3.32. The lowest BCUT2D eigenvalue weighted by Crippen LogP contribution is -2.37. The molecule has 3 aromatic rings. The summed E-state index contributed by atoms with van der Waals surface area (Å²) in [6.45, 7) is 2.53. The largest absolute Gasteiger partial charge is 0.332 e. The summed E-state index contributed by atoms with van der Waals surface area (Å²) in [4.78, 5) is 40.7. The fourth-order valence-electron chi connectivity index (χ4n) is 3.07. The molecule has 8 heteroatoms. The Balaban J connectivity index is 1.68. The highest BCUT2D eigenvalue weighted by Gasteiger charge is 2.14. The van der Waals surface area contributed by atoms with Crippen molar-refractivity contribution in [2.75, 3.05) is 5.32 Å². The van der Waals surface area contributed by atoms with Gasteiger partial charge < -0.3 is 9.88 Å². The topological polar surface area (TPSA) is 90.9 Å². The lowest BCUT2D eigenvalue weighted by atomic mass is 10.1. The summed E-state index contributed by atoms with van der Waals surface area (Å²) >= 11 is 0. The van der Waals surface area contributed by atoms with Gasteiger partial charge in [0.1, 0.15) is 0 Å². The molecule has 2 heterocycles. The predicted octanol–water partition coefficient (Wildman–Crippen LogP) is 1.41. The molecule has 0 radical (unpaired) electrons. The van der Waals surface area contributed by atoms with Crippen molar-refractivity contribution in [2.45, 2.75) is 32.7 Å². The molecule has 1 amide bonds. The van der Waals surface area contributed by atoms with E-state index in [0.29, 0.717) is 30.6 Å². The first-order chi connectivity index (χ1) is 12.9. The van der Waals surface area contributed by atoms with Crippen LogP contribution in [0.15, 0.2) is 40.2 Å². The third kappa shape index (κ3) is 3.69. The molecule has 0 aliphatic carbocycles. The Morgan fingerprint density at radius 3 is 2.70 bits per heavy atom. The highest BCUT2D eigenvalue weighted by molar-refractivity contribution is 5.90. The molecular weight excluding hydrogens is 346 g/mol. The maximum Gasteiger partial charge on any atom is 0.332 e. The molecule has 0 saturated heterocycles. The number of imidazole rings is 1. The van der Waals surface area contributed by atoms with E-state index in [0.717, 1.165) is 16.7 Å². The summed E-state index contributed by atoms with van der Waals surface area (Å²) in [5.74, 6) is -0.0759. The van der Waals surface area contributed by atoms with Gasteiger partial charge in [-0.1, -0.05) is 19.1 Å². The van der Waals surface area contributed by atoms with Crippen LogP contribution in [0.3, 0.4) is 0 Å². The van der Waals surface area contributed by atoms with Gasteiger partial charge in [0.25, 0.3) is 5.56 Å². The number of benzene rings is 1. The first-order valence-electron chi connectivity index (χ1n) is 8.92. The van der Waals surface area contributed by atoms with Gasteiger partial charge in [-0.15, -0.1) is 0 Å². The average Bonchev–Trinajstić information content (AvgIpc) is 3.09. The summed E-state index contributed by atoms with van der Waals surface area (Å²) in [7, 11) is 3.03. The molecule has 0 aliphatic rings. The molecule has 2 aromatic heterocycles. The zero-order valence-electron chi connectivity index (χ0n) is 15.7. The summed E-state index contributed by atoms with van der Waals surface area (Å²) < 4.78 is 4.11. The van der Waals surface area contributed by atoms with Gasteiger partial charge in [0.2, 0.25) is 5.91 Å². The number of hydrogen-bond donors (Lipinski definition) is 1. The standard InChI is InChI=1S/C19H23N5O3/c1-4-13-7-5-8-14(11-13)21-15(25)9-6-10-24-12-20-17-16(24)18(26)23(3)19(27)22(17)2/h5,7-8,11-12H,4,6,9-10H2,1-3H3,(H,21,25). The van der Waals surface area contributed by atoms with E-state index in [4.69, 9.17) is 0 Å². The second kappa shape index (κ2) is 7.61. The van der Waals surface area contributed by atoms with Crippen LogP contribution in [0.2, 0.25) is 0 Å². The van der Waals surface area contributed by atoms with E-state index in [2.05, 4.69) is 17.2 Å². The van der Waals surface area contributed by atoms with Crippen LogP contribution in [-0.2, 0) is 31.9 Å². The number of aryl methyl sites for hydroxylation is 3. The van der Waals surface area contributed by atoms with Crippen LogP contribution in [0.5, 0.6) is 0 Å². The Labute approximate surface area is 156 Å². The molecule has 0 saturated carbocycles. The predicted molar refractivity (Wildman–Crippen MR) is 104 cm³/mol. The van der Waals surface area contributed by atoms with Gasteiger partial charge in [-0.25, -0.2) is 9.78 Å². The van der Waals surface area contributed by atoms with E-state index in [1.807, 2.05) is 24.3 Å². The molecule has 142 valence electrons. The molecule has 1 aromatic carbocycles. The van der Waals surface area contributed by atoms with Crippen LogP contribution in [0.25, 0.3) is 11.2 Å². The average molecular weight is 369 g/mol. The molecule has 0 spiro atoms. The third-order valence-electron chi connectivity index (χ3n) is 4.64. The number of nitrogens with one attached hydrogen (secondary N) is 1. The number of carbonyl (C=O) groups excluding carboxylic acids is 1. The molecular formula is C19H23N5O3. The van der Waals surface area contributed by atoms with Gasteiger partial charge >= 0.3 is 5.69 Å². The van der Waals surface area contributed by atoms with Crippen molar-refractivity contribution in [2.24, 2.45) is 14.1 Å². The van der Waals surface area contributed by atoms with E-state index in [-0.39, 0.29) is 11.5 Å². The zero-order valence-corrected chi connectivity index (χ0v) is 15.7. The Hall–Kier alpha value is -3.16. The normalized spacial score (nSPS) is 11.1. The Kier molecular flexibility index (Phi) is 5.25. The Bertz CT molecular complexity index is 1110. The summed E-state index contributed by atoms with van der Waals surface area (Å²) in [5.41, 5.74) is 1.88. The highest BCUT2D eigenvalue weighted by Crippen LogP contribution is 2.12. The van der Waals surface area contributed by atoms with E-state index in [1.54, 1.807) is 11.6 Å². The van der Waals surface area contributed by atoms with Crippen molar-refractivity contribution in [3.63, 3.8) is 0 Å². The smallest absolute Gasteiger partial charge is 0.326 e. The van der Waals surface area contributed by atoms with Crippen LogP contribution in [0.4, 0.5) is 5.69 Å². The fourth-order valence-corrected chi connectivity index (χ4v) is 3.07. The van der Waals surface area contributed by atoms with Crippen molar-refractivity contribution >= 4 is 22.8 Å². The van der Waals surface area contributed by atoms with Crippen molar-refractivity contribution in [3.8, 4) is 0 Å². The van der Waals surface area contributed by atoms with Gasteiger partial charge in [-0.2, -0.15) is 0 Å². The van der Waals surface area contributed by atoms with Gasteiger partial charge in [-0.3, -0.25) is 18.7 Å². The van der Waals surface area contributed by atoms with Gasteiger partial charge in [0.05, 0.1) is 6.33 Å². The van der Waals surface area contributed by atoms with Crippen molar-refractivity contribution in [1.82, 2.24) is 18.7 Å². The molecule has 0 aliphatic heterocycles. The highest BCUT2D eigenvalue weighted by atomic mass is 16.2. The Morgan fingerprint density at radius 1 is 1.19 bits per heavy atom. The number of aromatic nitrogens is 4. The molecule has 8 nitrogen and oxygen atoms in total. The van der Waals surface area contributed by atoms with Gasteiger partial charge in [0, 0.05) is 32.7 Å². The van der Waals surface area contributed by atoms with Crippen LogP contribution >= 0.6 is 0 Å². The third-order valence-corrected chi connectivity index (χ3v) is 4.64. The molecule has 0 unspecified atom stereocenters. The molecule has 0 fully saturated rings. The lowest BCUT2D eigenvalue weighted by Gasteiger charge is -2.08. The number of hydrogen-bond acceptors (Lipinski definition) is 4. The van der Waals surface area contributed by atoms with Crippen LogP contribution < -0.4 is 16.6 Å². The molecule has 3 rings (SSSR count). The minimum absolute atomic E-state index is 0.0759. The monoisotopic (exact) mass is 369 g/mol. The zero-order chi connectivity index (χ0) is 19.6. The van der Waals surface area contributed by atoms with Crippen LogP contribution in [0, 0.1) is 0 Å². The molecule has 27 heavy (non-hydrogen) atoms. The molecule has 0 atom stereocenters. The van der Waals surface area contributed by atoms with E-state index in [9.17, 15) is 14.4 Å². The lowest BCUT2D eigenvalue weighted by molar-refractivity contribution is -0.116. The molecule has 0 bridgehead atoms. The van der Waals surface area contributed by atoms with Crippen molar-refractivity contribution < 1.29 is 4.79 Å². The quantitative estimate of drug-likeness (QED) is 0.711. The van der Waals surface area contributed by atoms with E-state index < -0.39 is 5.69 Å². The second-order valence-electron chi connectivity index (χ2n) is 6.52. The number of fused-ring (bicyclic) bond motifs is 1.